The van der Waals surface area contributed by atoms with Gasteiger partial charge in [0.15, 0.2) is 0 Å². The van der Waals surface area contributed by atoms with Gasteiger partial charge in [-0.3, -0.25) is 4.57 Å². The lowest BCUT2D eigenvalue weighted by atomic mass is 9.86. The van der Waals surface area contributed by atoms with E-state index in [-0.39, 0.29) is 16.7 Å². The number of benzene rings is 5. The average molecular weight is 723 g/mol. The summed E-state index contributed by atoms with van der Waals surface area (Å²) in [6, 6.07) is 45.3. The van der Waals surface area contributed by atoms with Crippen LogP contribution in [0.25, 0.3) is 55.6 Å². The lowest BCUT2D eigenvalue weighted by Gasteiger charge is -2.22. The molecule has 276 valence electrons. The third-order valence-corrected chi connectivity index (χ3v) is 10.6. The first-order valence-electron chi connectivity index (χ1n) is 19.4. The van der Waals surface area contributed by atoms with E-state index >= 15 is 0 Å². The van der Waals surface area contributed by atoms with Crippen LogP contribution in [0, 0.1) is 6.92 Å². The maximum Gasteiger partial charge on any atom is 0.137 e. The maximum atomic E-state index is 6.89. The van der Waals surface area contributed by atoms with Crippen LogP contribution < -0.4 is 4.74 Å². The van der Waals surface area contributed by atoms with Crippen molar-refractivity contribution in [2.45, 2.75) is 79.1 Å². The van der Waals surface area contributed by atoms with Gasteiger partial charge in [0.2, 0.25) is 0 Å². The van der Waals surface area contributed by atoms with Crippen LogP contribution in [0.3, 0.4) is 0 Å². The predicted octanol–water partition coefficient (Wildman–Crippen LogP) is 13.5. The van der Waals surface area contributed by atoms with Gasteiger partial charge in [-0.1, -0.05) is 122 Å². The fraction of sp³-hybridized carbons (Fsp3) is 0.240. The first-order valence-corrected chi connectivity index (χ1v) is 19.4. The smallest absolute Gasteiger partial charge is 0.137 e. The van der Waals surface area contributed by atoms with Crippen LogP contribution in [0.2, 0.25) is 0 Å². The first-order chi connectivity index (χ1) is 26.3. The van der Waals surface area contributed by atoms with E-state index in [2.05, 4.69) is 199 Å². The van der Waals surface area contributed by atoms with E-state index < -0.39 is 0 Å². The van der Waals surface area contributed by atoms with Gasteiger partial charge in [-0.05, 0) is 100 Å². The van der Waals surface area contributed by atoms with Gasteiger partial charge in [-0.25, -0.2) is 9.67 Å². The van der Waals surface area contributed by atoms with Crippen molar-refractivity contribution >= 4 is 21.8 Å². The molecule has 0 radical (unpaired) electrons. The maximum absolute atomic E-state index is 6.89. The molecule has 8 aromatic rings. The minimum Gasteiger partial charge on any atom is -0.457 e. The summed E-state index contributed by atoms with van der Waals surface area (Å²) in [6.45, 7) is 20.1. The SMILES string of the molecule is Cc1nn(-c2cc(Oc3ccc4c5cc(-c6ccccc6)ccc5n(-c5cc(C(C)(C)C)ccn5)c4c3)cc(C(C)(C)C)c2)c(C(C)C)c1-c1ccccc1. The number of fused-ring (bicyclic) bond motifs is 3. The van der Waals surface area contributed by atoms with Gasteiger partial charge in [-0.2, -0.15) is 5.10 Å². The molecule has 8 rings (SSSR count). The Bertz CT molecular complexity index is 2670. The van der Waals surface area contributed by atoms with Crippen LogP contribution in [0.1, 0.15) is 83.8 Å². The highest BCUT2D eigenvalue weighted by Crippen LogP contribution is 2.40. The number of aryl methyl sites for hydroxylation is 1. The monoisotopic (exact) mass is 722 g/mol. The molecular formula is C50H50N4O. The Kier molecular flexibility index (Phi) is 9.00. The van der Waals surface area contributed by atoms with Gasteiger partial charge < -0.3 is 4.74 Å². The van der Waals surface area contributed by atoms with Gasteiger partial charge in [0.1, 0.15) is 17.3 Å². The van der Waals surface area contributed by atoms with E-state index in [1.807, 2.05) is 6.20 Å². The van der Waals surface area contributed by atoms with Crippen LogP contribution in [0.15, 0.2) is 134 Å². The highest BCUT2D eigenvalue weighted by Gasteiger charge is 2.24. The Hall–Kier alpha value is -5.94. The average Bonchev–Trinajstić information content (AvgIpc) is 3.69. The van der Waals surface area contributed by atoms with Crippen molar-refractivity contribution in [3.8, 4) is 45.3 Å². The molecule has 0 amide bonds. The standard InChI is InChI=1S/C50H50N4O/c1-32(2)48-47(35-18-14-11-15-19-35)33(3)52-54(48)39-27-38(50(7,8)9)28-41(30-39)55-40-21-22-42-43-26-36(34-16-12-10-13-17-34)20-23-44(43)53(45(42)31-40)46-29-37(24-25-51-46)49(4,5)6/h10-32H,1-9H3. The van der Waals surface area contributed by atoms with Gasteiger partial charge in [-0.15, -0.1) is 0 Å². The van der Waals surface area contributed by atoms with Gasteiger partial charge in [0.05, 0.1) is 28.1 Å². The highest BCUT2D eigenvalue weighted by atomic mass is 16.5. The minimum atomic E-state index is -0.118. The molecule has 0 saturated heterocycles. The van der Waals surface area contributed by atoms with Crippen molar-refractivity contribution in [2.24, 2.45) is 0 Å². The number of pyridine rings is 1. The summed E-state index contributed by atoms with van der Waals surface area (Å²) in [5, 5.41) is 7.49. The summed E-state index contributed by atoms with van der Waals surface area (Å²) in [7, 11) is 0. The van der Waals surface area contributed by atoms with E-state index in [9.17, 15) is 0 Å². The van der Waals surface area contributed by atoms with Crippen molar-refractivity contribution in [1.29, 1.82) is 0 Å². The molecule has 0 saturated carbocycles. The van der Waals surface area contributed by atoms with Crippen LogP contribution in [-0.2, 0) is 10.8 Å². The molecule has 0 aliphatic rings. The topological polar surface area (TPSA) is 44.9 Å². The fourth-order valence-corrected chi connectivity index (χ4v) is 7.70. The van der Waals surface area contributed by atoms with Crippen LogP contribution in [-0.4, -0.2) is 19.3 Å². The second-order valence-electron chi connectivity index (χ2n) is 17.1. The van der Waals surface area contributed by atoms with E-state index in [1.54, 1.807) is 0 Å². The van der Waals surface area contributed by atoms with Crippen LogP contribution >= 0.6 is 0 Å². The number of ether oxygens (including phenoxy) is 1. The van der Waals surface area contributed by atoms with Crippen molar-refractivity contribution in [1.82, 2.24) is 19.3 Å². The molecule has 0 bridgehead atoms. The molecule has 0 aliphatic carbocycles. The number of aromatic nitrogens is 4. The quantitative estimate of drug-likeness (QED) is 0.164. The molecule has 5 heteroatoms. The lowest BCUT2D eigenvalue weighted by molar-refractivity contribution is 0.478. The molecule has 5 nitrogen and oxygen atoms in total. The third-order valence-electron chi connectivity index (χ3n) is 10.6. The second-order valence-corrected chi connectivity index (χ2v) is 17.1. The molecule has 3 aromatic heterocycles. The number of rotatable bonds is 7. The molecule has 5 aromatic carbocycles. The molecular weight excluding hydrogens is 673 g/mol. The van der Waals surface area contributed by atoms with E-state index in [1.165, 1.54) is 44.5 Å². The summed E-state index contributed by atoms with van der Waals surface area (Å²) < 4.78 is 11.3. The van der Waals surface area contributed by atoms with Crippen LogP contribution in [0.5, 0.6) is 11.5 Å². The molecule has 0 fully saturated rings. The number of nitrogens with zero attached hydrogens (tertiary/aromatic N) is 4. The minimum absolute atomic E-state index is 0.0224. The Balaban J connectivity index is 1.29. The molecule has 0 atom stereocenters. The zero-order chi connectivity index (χ0) is 38.6. The second kappa shape index (κ2) is 13.7. The van der Waals surface area contributed by atoms with Crippen molar-refractivity contribution < 1.29 is 4.74 Å². The Morgan fingerprint density at radius 1 is 0.582 bits per heavy atom. The molecule has 0 spiro atoms. The Morgan fingerprint density at radius 3 is 1.95 bits per heavy atom. The zero-order valence-electron chi connectivity index (χ0n) is 33.5. The number of hydrogen-bond donors (Lipinski definition) is 0. The molecule has 0 unspecified atom stereocenters. The molecule has 55 heavy (non-hydrogen) atoms. The van der Waals surface area contributed by atoms with E-state index in [0.717, 1.165) is 45.1 Å². The van der Waals surface area contributed by atoms with Crippen molar-refractivity contribution in [2.75, 3.05) is 0 Å². The Morgan fingerprint density at radius 2 is 1.27 bits per heavy atom. The summed E-state index contributed by atoms with van der Waals surface area (Å²) in [5.74, 6) is 2.66. The van der Waals surface area contributed by atoms with Gasteiger partial charge >= 0.3 is 0 Å². The summed E-state index contributed by atoms with van der Waals surface area (Å²) in [5.41, 5.74) is 12.3. The van der Waals surface area contributed by atoms with Crippen molar-refractivity contribution in [3.05, 3.63) is 156 Å². The summed E-state index contributed by atoms with van der Waals surface area (Å²) in [4.78, 5) is 4.94. The van der Waals surface area contributed by atoms with Crippen molar-refractivity contribution in [3.63, 3.8) is 0 Å². The molecule has 0 N–H and O–H groups in total. The predicted molar refractivity (Wildman–Crippen MR) is 229 cm³/mol. The van der Waals surface area contributed by atoms with Gasteiger partial charge in [0.25, 0.3) is 0 Å². The normalized spacial score (nSPS) is 12.3. The Labute approximate surface area is 325 Å². The lowest BCUT2D eigenvalue weighted by Crippen LogP contribution is -2.13. The fourth-order valence-electron chi connectivity index (χ4n) is 7.70. The zero-order valence-corrected chi connectivity index (χ0v) is 33.5. The van der Waals surface area contributed by atoms with Crippen LogP contribution in [0.4, 0.5) is 0 Å². The van der Waals surface area contributed by atoms with Gasteiger partial charge in [0, 0.05) is 34.7 Å². The number of hydrogen-bond acceptors (Lipinski definition) is 3. The van der Waals surface area contributed by atoms with E-state index in [4.69, 9.17) is 14.8 Å². The highest BCUT2D eigenvalue weighted by molar-refractivity contribution is 6.10. The summed E-state index contributed by atoms with van der Waals surface area (Å²) >= 11 is 0. The molecule has 3 heterocycles. The largest absolute Gasteiger partial charge is 0.457 e. The summed E-state index contributed by atoms with van der Waals surface area (Å²) in [6.07, 6.45) is 1.93. The first kappa shape index (κ1) is 36.1. The molecule has 0 aliphatic heterocycles. The van der Waals surface area contributed by atoms with E-state index in [0.29, 0.717) is 0 Å². The third kappa shape index (κ3) is 6.84.